The molecule has 0 bridgehead atoms. The number of carbonyl (C=O) groups excluding carboxylic acids is 2. The first-order chi connectivity index (χ1) is 17.2. The minimum Gasteiger partial charge on any atom is -0.438 e. The lowest BCUT2D eigenvalue weighted by Crippen LogP contribution is -2.49. The SMILES string of the molecule is O=C1C(=O)N(c2ccccc2)[C@]2(c3ccccc3)C(=Nc3ccccc3)OC(c3ccccc3)=C12. The summed E-state index contributed by atoms with van der Waals surface area (Å²) in [5.41, 5.74) is 1.60. The number of nitrogens with zero attached hydrogens (tertiary/aromatic N) is 2. The van der Waals surface area contributed by atoms with E-state index < -0.39 is 17.2 Å². The smallest absolute Gasteiger partial charge is 0.300 e. The van der Waals surface area contributed by atoms with E-state index in [4.69, 9.17) is 9.73 Å². The van der Waals surface area contributed by atoms with Crippen molar-refractivity contribution in [3.63, 3.8) is 0 Å². The number of Topliss-reactive ketones (excluding diaryl/α,β-unsaturated/α-hetero) is 1. The Hall–Kier alpha value is -4.77. The number of anilines is 1. The molecule has 2 aliphatic rings. The standard InChI is InChI=1S/C30H20N2O3/c33-26-25-27(21-13-5-1-6-14-21)35-29(31-23-17-9-3-10-18-23)30(25,22-15-7-2-8-16-22)32(28(26)34)24-19-11-4-12-20-24/h1-20H/t30-/m0/s1. The summed E-state index contributed by atoms with van der Waals surface area (Å²) in [5, 5.41) is 0. The van der Waals surface area contributed by atoms with E-state index in [1.807, 2.05) is 121 Å². The van der Waals surface area contributed by atoms with Crippen molar-refractivity contribution in [3.8, 4) is 0 Å². The van der Waals surface area contributed by atoms with Crippen LogP contribution in [0.1, 0.15) is 11.1 Å². The molecule has 0 aliphatic carbocycles. The van der Waals surface area contributed by atoms with Crippen molar-refractivity contribution >= 4 is 34.7 Å². The van der Waals surface area contributed by atoms with E-state index in [1.54, 1.807) is 0 Å². The van der Waals surface area contributed by atoms with E-state index in [0.29, 0.717) is 22.7 Å². The molecule has 0 N–H and O–H groups in total. The molecule has 6 rings (SSSR count). The average Bonchev–Trinajstić information content (AvgIpc) is 3.37. The molecule has 4 aromatic rings. The van der Waals surface area contributed by atoms with Crippen molar-refractivity contribution in [2.75, 3.05) is 4.90 Å². The number of rotatable bonds is 4. The highest BCUT2D eigenvalue weighted by atomic mass is 16.5. The number of hydrogen-bond acceptors (Lipinski definition) is 4. The average molecular weight is 457 g/mol. The third kappa shape index (κ3) is 3.13. The van der Waals surface area contributed by atoms with Crippen LogP contribution >= 0.6 is 0 Å². The van der Waals surface area contributed by atoms with Crippen LogP contribution in [0.2, 0.25) is 0 Å². The molecule has 0 saturated carbocycles. The number of aliphatic imine (C=N–C) groups is 1. The van der Waals surface area contributed by atoms with Gasteiger partial charge in [0.15, 0.2) is 5.54 Å². The van der Waals surface area contributed by atoms with Gasteiger partial charge >= 0.3 is 5.91 Å². The molecule has 5 heteroatoms. The molecule has 1 fully saturated rings. The second-order valence-corrected chi connectivity index (χ2v) is 8.31. The van der Waals surface area contributed by atoms with Gasteiger partial charge < -0.3 is 4.74 Å². The Balaban J connectivity index is 1.73. The van der Waals surface area contributed by atoms with Crippen molar-refractivity contribution in [2.45, 2.75) is 5.54 Å². The van der Waals surface area contributed by atoms with Gasteiger partial charge in [-0.1, -0.05) is 97.1 Å². The molecule has 4 aromatic carbocycles. The summed E-state index contributed by atoms with van der Waals surface area (Å²) in [6.07, 6.45) is 0. The topological polar surface area (TPSA) is 59.0 Å². The molecule has 168 valence electrons. The van der Waals surface area contributed by atoms with E-state index >= 15 is 0 Å². The summed E-state index contributed by atoms with van der Waals surface area (Å²) >= 11 is 0. The normalized spacial score (nSPS) is 20.3. The minimum atomic E-state index is -1.35. The summed E-state index contributed by atoms with van der Waals surface area (Å²) in [6.45, 7) is 0. The van der Waals surface area contributed by atoms with Crippen molar-refractivity contribution in [3.05, 3.63) is 138 Å². The Labute approximate surface area is 202 Å². The van der Waals surface area contributed by atoms with Gasteiger partial charge in [-0.15, -0.1) is 0 Å². The molecule has 1 atom stereocenters. The number of ether oxygens (including phenoxy) is 1. The Kier molecular flexibility index (Phi) is 4.89. The van der Waals surface area contributed by atoms with Gasteiger partial charge in [-0.3, -0.25) is 14.5 Å². The summed E-state index contributed by atoms with van der Waals surface area (Å²) in [7, 11) is 0. The number of ketones is 1. The molecule has 0 unspecified atom stereocenters. The summed E-state index contributed by atoms with van der Waals surface area (Å²) < 4.78 is 6.46. The van der Waals surface area contributed by atoms with Crippen LogP contribution < -0.4 is 4.90 Å². The maximum Gasteiger partial charge on any atom is 0.300 e. The maximum absolute atomic E-state index is 13.7. The van der Waals surface area contributed by atoms with Crippen LogP contribution in [0.5, 0.6) is 0 Å². The third-order valence-corrected chi connectivity index (χ3v) is 6.29. The Bertz CT molecular complexity index is 1480. The fourth-order valence-electron chi connectivity index (χ4n) is 4.81. The number of amides is 1. The molecular weight excluding hydrogens is 436 g/mol. The highest BCUT2D eigenvalue weighted by Gasteiger charge is 2.66. The molecule has 2 aliphatic heterocycles. The predicted octanol–water partition coefficient (Wildman–Crippen LogP) is 5.67. The van der Waals surface area contributed by atoms with Gasteiger partial charge in [-0.25, -0.2) is 4.99 Å². The lowest BCUT2D eigenvalue weighted by Gasteiger charge is -2.35. The second kappa shape index (κ2) is 8.22. The highest BCUT2D eigenvalue weighted by molar-refractivity contribution is 6.55. The fraction of sp³-hybridized carbons (Fsp3) is 0.0333. The highest BCUT2D eigenvalue weighted by Crippen LogP contribution is 2.54. The molecule has 2 heterocycles. The zero-order valence-corrected chi connectivity index (χ0v) is 18.7. The van der Waals surface area contributed by atoms with E-state index in [9.17, 15) is 9.59 Å². The monoisotopic (exact) mass is 456 g/mol. The van der Waals surface area contributed by atoms with Crippen LogP contribution in [0.3, 0.4) is 0 Å². The number of fused-ring (bicyclic) bond motifs is 1. The van der Waals surface area contributed by atoms with Crippen LogP contribution in [0.25, 0.3) is 5.76 Å². The minimum absolute atomic E-state index is 0.256. The molecule has 0 spiro atoms. The maximum atomic E-state index is 13.7. The van der Waals surface area contributed by atoms with Gasteiger partial charge in [0, 0.05) is 11.3 Å². The Morgan fingerprint density at radius 2 is 1.20 bits per heavy atom. The molecule has 1 amide bonds. The van der Waals surface area contributed by atoms with Crippen LogP contribution in [0.4, 0.5) is 11.4 Å². The number of hydrogen-bond donors (Lipinski definition) is 0. The second-order valence-electron chi connectivity index (χ2n) is 8.31. The predicted molar refractivity (Wildman–Crippen MR) is 135 cm³/mol. The van der Waals surface area contributed by atoms with E-state index in [0.717, 1.165) is 5.56 Å². The van der Waals surface area contributed by atoms with Gasteiger partial charge in [0.05, 0.1) is 11.3 Å². The quantitative estimate of drug-likeness (QED) is 0.372. The van der Waals surface area contributed by atoms with Gasteiger partial charge in [0.1, 0.15) is 5.76 Å². The van der Waals surface area contributed by atoms with Gasteiger partial charge in [0.25, 0.3) is 5.78 Å². The van der Waals surface area contributed by atoms with Crippen molar-refractivity contribution < 1.29 is 14.3 Å². The van der Waals surface area contributed by atoms with Gasteiger partial charge in [-0.05, 0) is 29.8 Å². The van der Waals surface area contributed by atoms with E-state index in [2.05, 4.69) is 0 Å². The summed E-state index contributed by atoms with van der Waals surface area (Å²) in [5.74, 6) is -0.616. The number of carbonyl (C=O) groups is 2. The first-order valence-electron chi connectivity index (χ1n) is 11.3. The van der Waals surface area contributed by atoms with Crippen LogP contribution in [-0.2, 0) is 19.9 Å². The van der Waals surface area contributed by atoms with Gasteiger partial charge in [-0.2, -0.15) is 0 Å². The lowest BCUT2D eigenvalue weighted by atomic mass is 9.82. The largest absolute Gasteiger partial charge is 0.438 e. The Morgan fingerprint density at radius 3 is 1.83 bits per heavy atom. The summed E-state index contributed by atoms with van der Waals surface area (Å²) in [6, 6.07) is 37.5. The van der Waals surface area contributed by atoms with Crippen molar-refractivity contribution in [2.24, 2.45) is 4.99 Å². The fourth-order valence-corrected chi connectivity index (χ4v) is 4.81. The summed E-state index contributed by atoms with van der Waals surface area (Å²) in [4.78, 5) is 33.9. The third-order valence-electron chi connectivity index (χ3n) is 6.29. The first kappa shape index (κ1) is 20.8. The van der Waals surface area contributed by atoms with Crippen LogP contribution in [0, 0.1) is 0 Å². The molecular formula is C30H20N2O3. The lowest BCUT2D eigenvalue weighted by molar-refractivity contribution is -0.132. The van der Waals surface area contributed by atoms with E-state index in [1.165, 1.54) is 4.90 Å². The number of benzene rings is 4. The Morgan fingerprint density at radius 1 is 0.657 bits per heavy atom. The van der Waals surface area contributed by atoms with Crippen LogP contribution in [-0.4, -0.2) is 17.6 Å². The number of para-hydroxylation sites is 2. The van der Waals surface area contributed by atoms with E-state index in [-0.39, 0.29) is 11.5 Å². The molecule has 0 radical (unpaired) electrons. The zero-order valence-electron chi connectivity index (χ0n) is 18.7. The van der Waals surface area contributed by atoms with Gasteiger partial charge in [0.2, 0.25) is 5.90 Å². The molecule has 5 nitrogen and oxygen atoms in total. The van der Waals surface area contributed by atoms with Crippen molar-refractivity contribution in [1.29, 1.82) is 0 Å². The molecule has 35 heavy (non-hydrogen) atoms. The molecule has 0 aromatic heterocycles. The van der Waals surface area contributed by atoms with Crippen molar-refractivity contribution in [1.82, 2.24) is 0 Å². The first-order valence-corrected chi connectivity index (χ1v) is 11.3. The molecule has 1 saturated heterocycles. The van der Waals surface area contributed by atoms with Crippen LogP contribution in [0.15, 0.2) is 132 Å². The zero-order chi connectivity index (χ0) is 23.8.